The maximum absolute atomic E-state index is 12.3. The van der Waals surface area contributed by atoms with Crippen molar-refractivity contribution in [1.29, 1.82) is 0 Å². The summed E-state index contributed by atoms with van der Waals surface area (Å²) in [6, 6.07) is 7.75. The number of carbonyl (C=O) groups is 2. The van der Waals surface area contributed by atoms with E-state index in [2.05, 4.69) is 5.32 Å². The van der Waals surface area contributed by atoms with Gasteiger partial charge in [-0.1, -0.05) is 38.0 Å². The van der Waals surface area contributed by atoms with E-state index >= 15 is 0 Å². The summed E-state index contributed by atoms with van der Waals surface area (Å²) in [5.74, 6) is -0.877. The molecule has 1 aliphatic carbocycles. The molecule has 1 aromatic rings. The van der Waals surface area contributed by atoms with Crippen LogP contribution in [0.15, 0.2) is 24.3 Å². The van der Waals surface area contributed by atoms with Gasteiger partial charge < -0.3 is 10.4 Å². The number of anilines is 1. The highest BCUT2D eigenvalue weighted by Crippen LogP contribution is 2.44. The first-order valence-corrected chi connectivity index (χ1v) is 7.64. The van der Waals surface area contributed by atoms with Crippen LogP contribution in [0.1, 0.15) is 51.0 Å². The smallest absolute Gasteiger partial charge is 0.303 e. The van der Waals surface area contributed by atoms with Gasteiger partial charge in [-0.05, 0) is 36.3 Å². The predicted molar refractivity (Wildman–Crippen MR) is 82.2 cm³/mol. The third-order valence-corrected chi connectivity index (χ3v) is 4.40. The fraction of sp³-hybridized carbons (Fsp3) is 0.529. The average Bonchev–Trinajstić information content (AvgIpc) is 2.86. The number of carbonyl (C=O) groups excluding carboxylic acids is 1. The summed E-state index contributed by atoms with van der Waals surface area (Å²) < 4.78 is 0. The molecule has 4 nitrogen and oxygen atoms in total. The molecule has 0 aliphatic heterocycles. The van der Waals surface area contributed by atoms with E-state index < -0.39 is 5.97 Å². The van der Waals surface area contributed by atoms with Crippen molar-refractivity contribution in [2.24, 2.45) is 5.41 Å². The molecular formula is C17H23NO3. The topological polar surface area (TPSA) is 66.4 Å². The normalized spacial score (nSPS) is 16.6. The van der Waals surface area contributed by atoms with Crippen molar-refractivity contribution < 1.29 is 14.7 Å². The monoisotopic (exact) mass is 289 g/mol. The Balaban J connectivity index is 2.04. The highest BCUT2D eigenvalue weighted by atomic mass is 16.4. The Bertz CT molecular complexity index is 519. The van der Waals surface area contributed by atoms with Gasteiger partial charge in [-0.3, -0.25) is 9.59 Å². The van der Waals surface area contributed by atoms with Gasteiger partial charge >= 0.3 is 5.97 Å². The molecular weight excluding hydrogens is 266 g/mol. The van der Waals surface area contributed by atoms with E-state index in [-0.39, 0.29) is 17.7 Å². The van der Waals surface area contributed by atoms with Crippen LogP contribution in [0.4, 0.5) is 5.69 Å². The molecule has 2 N–H and O–H groups in total. The van der Waals surface area contributed by atoms with Gasteiger partial charge in [0.2, 0.25) is 5.91 Å². The van der Waals surface area contributed by atoms with Gasteiger partial charge in [0.15, 0.2) is 0 Å². The number of hydrogen-bond acceptors (Lipinski definition) is 2. The SMILES string of the molecule is CCc1ccccc1NC(=O)CC1(CC(=O)O)CCCC1. The van der Waals surface area contributed by atoms with E-state index in [1.807, 2.05) is 31.2 Å². The minimum absolute atomic E-state index is 0.0703. The lowest BCUT2D eigenvalue weighted by Gasteiger charge is -2.26. The predicted octanol–water partition coefficient (Wildman–Crippen LogP) is 3.61. The minimum Gasteiger partial charge on any atom is -0.481 e. The van der Waals surface area contributed by atoms with Crippen LogP contribution < -0.4 is 5.32 Å². The van der Waals surface area contributed by atoms with Gasteiger partial charge in [-0.25, -0.2) is 0 Å². The van der Waals surface area contributed by atoms with Gasteiger partial charge in [0.25, 0.3) is 0 Å². The second-order valence-corrected chi connectivity index (χ2v) is 6.01. The third kappa shape index (κ3) is 4.06. The number of carboxylic acids is 1. The summed E-state index contributed by atoms with van der Waals surface area (Å²) in [5, 5.41) is 12.0. The van der Waals surface area contributed by atoms with Gasteiger partial charge in [0.05, 0.1) is 6.42 Å². The van der Waals surface area contributed by atoms with E-state index in [1.54, 1.807) is 0 Å². The summed E-state index contributed by atoms with van der Waals surface area (Å²) >= 11 is 0. The van der Waals surface area contributed by atoms with Crippen molar-refractivity contribution in [3.63, 3.8) is 0 Å². The maximum Gasteiger partial charge on any atom is 0.303 e. The zero-order valence-electron chi connectivity index (χ0n) is 12.5. The minimum atomic E-state index is -0.807. The Kier molecular flexibility index (Phi) is 4.99. The van der Waals surface area contributed by atoms with E-state index in [9.17, 15) is 9.59 Å². The fourth-order valence-corrected chi connectivity index (χ4v) is 3.35. The van der Waals surface area contributed by atoms with Crippen LogP contribution in [0.3, 0.4) is 0 Å². The molecule has 0 aromatic heterocycles. The number of carboxylic acid groups (broad SMARTS) is 1. The van der Waals surface area contributed by atoms with Crippen molar-refractivity contribution in [2.75, 3.05) is 5.32 Å². The van der Waals surface area contributed by atoms with Crippen LogP contribution in [0.2, 0.25) is 0 Å². The van der Waals surface area contributed by atoms with Crippen molar-refractivity contribution in [3.8, 4) is 0 Å². The largest absolute Gasteiger partial charge is 0.481 e. The number of rotatable bonds is 6. The average molecular weight is 289 g/mol. The summed E-state index contributed by atoms with van der Waals surface area (Å²) in [6.07, 6.45) is 4.96. The summed E-state index contributed by atoms with van der Waals surface area (Å²) in [6.45, 7) is 2.05. The molecule has 0 spiro atoms. The molecule has 21 heavy (non-hydrogen) atoms. The van der Waals surface area contributed by atoms with Gasteiger partial charge in [0, 0.05) is 12.1 Å². The van der Waals surface area contributed by atoms with Crippen LogP contribution >= 0.6 is 0 Å². The number of nitrogens with one attached hydrogen (secondary N) is 1. The molecule has 1 aromatic carbocycles. The number of para-hydroxylation sites is 1. The summed E-state index contributed by atoms with van der Waals surface area (Å²) in [4.78, 5) is 23.4. The Morgan fingerprint density at radius 2 is 1.86 bits per heavy atom. The lowest BCUT2D eigenvalue weighted by Crippen LogP contribution is -2.28. The zero-order chi connectivity index (χ0) is 15.3. The summed E-state index contributed by atoms with van der Waals surface area (Å²) in [7, 11) is 0. The van der Waals surface area contributed by atoms with Crippen LogP contribution in [-0.2, 0) is 16.0 Å². The Labute approximate surface area is 125 Å². The molecule has 1 aliphatic rings. The van der Waals surface area contributed by atoms with Crippen molar-refractivity contribution in [3.05, 3.63) is 29.8 Å². The molecule has 114 valence electrons. The molecule has 0 radical (unpaired) electrons. The Morgan fingerprint density at radius 3 is 2.48 bits per heavy atom. The number of amides is 1. The number of hydrogen-bond donors (Lipinski definition) is 2. The van der Waals surface area contributed by atoms with E-state index in [0.29, 0.717) is 6.42 Å². The second kappa shape index (κ2) is 6.74. The first-order chi connectivity index (χ1) is 10.0. The fourth-order valence-electron chi connectivity index (χ4n) is 3.35. The van der Waals surface area contributed by atoms with E-state index in [0.717, 1.165) is 43.4 Å². The van der Waals surface area contributed by atoms with Crippen molar-refractivity contribution in [2.45, 2.75) is 51.9 Å². The molecule has 0 bridgehead atoms. The van der Waals surface area contributed by atoms with Crippen molar-refractivity contribution in [1.82, 2.24) is 0 Å². The van der Waals surface area contributed by atoms with E-state index in [4.69, 9.17) is 5.11 Å². The van der Waals surface area contributed by atoms with Crippen molar-refractivity contribution >= 4 is 17.6 Å². The lowest BCUT2D eigenvalue weighted by molar-refractivity contribution is -0.140. The molecule has 0 unspecified atom stereocenters. The quantitative estimate of drug-likeness (QED) is 0.840. The van der Waals surface area contributed by atoms with Gasteiger partial charge in [-0.15, -0.1) is 0 Å². The van der Waals surface area contributed by atoms with Crippen LogP contribution in [0.25, 0.3) is 0 Å². The number of benzene rings is 1. The highest BCUT2D eigenvalue weighted by molar-refractivity contribution is 5.92. The molecule has 0 heterocycles. The van der Waals surface area contributed by atoms with Crippen LogP contribution in [0.5, 0.6) is 0 Å². The Hall–Kier alpha value is -1.84. The Morgan fingerprint density at radius 1 is 1.19 bits per heavy atom. The standard InChI is InChI=1S/C17H23NO3/c1-2-13-7-3-4-8-14(13)18-15(19)11-17(12-16(20)21)9-5-6-10-17/h3-4,7-8H,2,5-6,9-12H2,1H3,(H,18,19)(H,20,21). The molecule has 4 heteroatoms. The van der Waals surface area contributed by atoms with Gasteiger partial charge in [-0.2, -0.15) is 0 Å². The molecule has 1 fully saturated rings. The van der Waals surface area contributed by atoms with Gasteiger partial charge in [0.1, 0.15) is 0 Å². The zero-order valence-corrected chi connectivity index (χ0v) is 12.5. The molecule has 2 rings (SSSR count). The number of aliphatic carboxylic acids is 1. The number of aryl methyl sites for hydroxylation is 1. The molecule has 1 saturated carbocycles. The summed E-state index contributed by atoms with van der Waals surface area (Å²) in [5.41, 5.74) is 1.59. The molecule has 0 saturated heterocycles. The first-order valence-electron chi connectivity index (χ1n) is 7.64. The lowest BCUT2D eigenvalue weighted by atomic mass is 9.79. The molecule has 1 amide bonds. The highest BCUT2D eigenvalue weighted by Gasteiger charge is 2.38. The molecule has 0 atom stereocenters. The van der Waals surface area contributed by atoms with E-state index in [1.165, 1.54) is 0 Å². The second-order valence-electron chi connectivity index (χ2n) is 6.01. The van der Waals surface area contributed by atoms with Crippen LogP contribution in [-0.4, -0.2) is 17.0 Å². The third-order valence-electron chi connectivity index (χ3n) is 4.40. The maximum atomic E-state index is 12.3. The van der Waals surface area contributed by atoms with Crippen LogP contribution in [0, 0.1) is 5.41 Å². The first kappa shape index (κ1) is 15.5.